The number of nitrogen functional groups attached to an aromatic ring is 1. The van der Waals surface area contributed by atoms with Crippen molar-refractivity contribution in [2.75, 3.05) is 52.7 Å². The van der Waals surface area contributed by atoms with Gasteiger partial charge in [0.2, 0.25) is 5.95 Å². The van der Waals surface area contributed by atoms with Crippen LogP contribution in [0.5, 0.6) is 0 Å². The fourth-order valence-electron chi connectivity index (χ4n) is 2.43. The third-order valence-corrected chi connectivity index (χ3v) is 3.18. The lowest BCUT2D eigenvalue weighted by Crippen LogP contribution is -2.34. The molecule has 1 aromatic heterocycles. The van der Waals surface area contributed by atoms with Crippen LogP contribution < -0.4 is 5.73 Å². The molecule has 6 heteroatoms. The molecule has 1 saturated heterocycles. The van der Waals surface area contributed by atoms with Crippen molar-refractivity contribution < 1.29 is 4.74 Å². The van der Waals surface area contributed by atoms with Gasteiger partial charge in [0.1, 0.15) is 0 Å². The van der Waals surface area contributed by atoms with Crippen LogP contribution in [0.25, 0.3) is 0 Å². The largest absolute Gasteiger partial charge is 0.380 e. The van der Waals surface area contributed by atoms with E-state index in [1.54, 1.807) is 12.4 Å². The molecule has 0 aliphatic carbocycles. The molecule has 0 radical (unpaired) electrons. The van der Waals surface area contributed by atoms with Crippen LogP contribution >= 0.6 is 0 Å². The molecule has 1 unspecified atom stereocenters. The molecule has 0 aromatic carbocycles. The standard InChI is InChI=1S/C13H23N5O/c1-17(2)7-12-9-18(3-4-19-10-12)8-11-5-15-13(14)16-6-11/h5-6,12H,3-4,7-10H2,1-2H3,(H2,14,15,16). The normalized spacial score (nSPS) is 21.5. The Hall–Kier alpha value is -1.24. The van der Waals surface area contributed by atoms with Crippen molar-refractivity contribution in [3.63, 3.8) is 0 Å². The fourth-order valence-corrected chi connectivity index (χ4v) is 2.43. The summed E-state index contributed by atoms with van der Waals surface area (Å²) in [6, 6.07) is 0. The lowest BCUT2D eigenvalue weighted by molar-refractivity contribution is 0.112. The molecule has 1 atom stereocenters. The third kappa shape index (κ3) is 4.74. The van der Waals surface area contributed by atoms with E-state index in [9.17, 15) is 0 Å². The van der Waals surface area contributed by atoms with Gasteiger partial charge >= 0.3 is 0 Å². The highest BCUT2D eigenvalue weighted by molar-refractivity contribution is 5.17. The van der Waals surface area contributed by atoms with Crippen LogP contribution in [-0.4, -0.2) is 66.7 Å². The molecule has 1 aliphatic heterocycles. The molecule has 2 heterocycles. The van der Waals surface area contributed by atoms with E-state index in [1.165, 1.54) is 0 Å². The Morgan fingerprint density at radius 2 is 2.16 bits per heavy atom. The number of hydrogen-bond acceptors (Lipinski definition) is 6. The molecular formula is C13H23N5O. The van der Waals surface area contributed by atoms with Gasteiger partial charge in [0.05, 0.1) is 13.2 Å². The summed E-state index contributed by atoms with van der Waals surface area (Å²) in [6.45, 7) is 5.53. The average Bonchev–Trinajstić information content (AvgIpc) is 2.57. The van der Waals surface area contributed by atoms with Crippen LogP contribution in [0, 0.1) is 5.92 Å². The molecule has 1 aromatic rings. The molecule has 106 valence electrons. The number of hydrogen-bond donors (Lipinski definition) is 1. The zero-order valence-electron chi connectivity index (χ0n) is 11.7. The number of anilines is 1. The van der Waals surface area contributed by atoms with Gasteiger partial charge in [0, 0.05) is 50.1 Å². The van der Waals surface area contributed by atoms with Crippen molar-refractivity contribution >= 4 is 5.95 Å². The van der Waals surface area contributed by atoms with Gasteiger partial charge in [0.25, 0.3) is 0 Å². The summed E-state index contributed by atoms with van der Waals surface area (Å²) >= 11 is 0. The Labute approximate surface area is 114 Å². The van der Waals surface area contributed by atoms with E-state index in [0.717, 1.165) is 45.0 Å². The second-order valence-corrected chi connectivity index (χ2v) is 5.39. The second kappa shape index (κ2) is 6.79. The van der Waals surface area contributed by atoms with Crippen molar-refractivity contribution in [3.8, 4) is 0 Å². The summed E-state index contributed by atoms with van der Waals surface area (Å²) in [4.78, 5) is 12.7. The minimum atomic E-state index is 0.327. The van der Waals surface area contributed by atoms with Crippen molar-refractivity contribution in [1.82, 2.24) is 19.8 Å². The molecule has 19 heavy (non-hydrogen) atoms. The van der Waals surface area contributed by atoms with Crippen LogP contribution in [0.15, 0.2) is 12.4 Å². The van der Waals surface area contributed by atoms with E-state index in [2.05, 4.69) is 33.9 Å². The monoisotopic (exact) mass is 265 g/mol. The Morgan fingerprint density at radius 1 is 1.42 bits per heavy atom. The van der Waals surface area contributed by atoms with Crippen molar-refractivity contribution in [2.24, 2.45) is 5.92 Å². The first-order valence-electron chi connectivity index (χ1n) is 6.64. The van der Waals surface area contributed by atoms with Gasteiger partial charge in [-0.25, -0.2) is 9.97 Å². The Balaban J connectivity index is 1.92. The predicted molar refractivity (Wildman–Crippen MR) is 74.6 cm³/mol. The van der Waals surface area contributed by atoms with Gasteiger partial charge in [-0.1, -0.05) is 0 Å². The van der Waals surface area contributed by atoms with E-state index < -0.39 is 0 Å². The lowest BCUT2D eigenvalue weighted by atomic mass is 10.1. The van der Waals surface area contributed by atoms with Crippen LogP contribution in [0.4, 0.5) is 5.95 Å². The summed E-state index contributed by atoms with van der Waals surface area (Å²) in [5.41, 5.74) is 6.60. The average molecular weight is 265 g/mol. The lowest BCUT2D eigenvalue weighted by Gasteiger charge is -2.25. The number of aromatic nitrogens is 2. The van der Waals surface area contributed by atoms with Crippen LogP contribution in [0.3, 0.4) is 0 Å². The highest BCUT2D eigenvalue weighted by atomic mass is 16.5. The van der Waals surface area contributed by atoms with Crippen molar-refractivity contribution in [3.05, 3.63) is 18.0 Å². The first kappa shape index (κ1) is 14.2. The van der Waals surface area contributed by atoms with Crippen molar-refractivity contribution in [1.29, 1.82) is 0 Å². The Bertz CT molecular complexity index is 381. The topological polar surface area (TPSA) is 67.5 Å². The molecule has 1 fully saturated rings. The number of rotatable bonds is 4. The quantitative estimate of drug-likeness (QED) is 0.831. The summed E-state index contributed by atoms with van der Waals surface area (Å²) in [5, 5.41) is 0. The van der Waals surface area contributed by atoms with Gasteiger partial charge < -0.3 is 15.4 Å². The van der Waals surface area contributed by atoms with E-state index in [4.69, 9.17) is 10.5 Å². The number of nitrogens with zero attached hydrogens (tertiary/aromatic N) is 4. The Kier molecular flexibility index (Phi) is 5.07. The summed E-state index contributed by atoms with van der Waals surface area (Å²) in [7, 11) is 4.20. The smallest absolute Gasteiger partial charge is 0.219 e. The van der Waals surface area contributed by atoms with E-state index >= 15 is 0 Å². The maximum atomic E-state index is 5.68. The molecule has 6 nitrogen and oxygen atoms in total. The number of ether oxygens (including phenoxy) is 1. The zero-order chi connectivity index (χ0) is 13.7. The minimum absolute atomic E-state index is 0.327. The first-order valence-corrected chi connectivity index (χ1v) is 6.64. The highest BCUT2D eigenvalue weighted by Gasteiger charge is 2.19. The van der Waals surface area contributed by atoms with Gasteiger partial charge in [-0.15, -0.1) is 0 Å². The summed E-state index contributed by atoms with van der Waals surface area (Å²) in [6.07, 6.45) is 3.60. The molecule has 0 amide bonds. The number of nitrogens with two attached hydrogens (primary N) is 1. The predicted octanol–water partition coefficient (Wildman–Crippen LogP) is 0.0688. The maximum absolute atomic E-state index is 5.68. The maximum Gasteiger partial charge on any atom is 0.219 e. The Morgan fingerprint density at radius 3 is 2.84 bits per heavy atom. The van der Waals surface area contributed by atoms with E-state index in [1.807, 2.05) is 0 Å². The SMILES string of the molecule is CN(C)CC1COCCN(Cc2cnc(N)nc2)C1. The molecule has 1 aliphatic rings. The van der Waals surface area contributed by atoms with Gasteiger partial charge in [0.15, 0.2) is 0 Å². The van der Waals surface area contributed by atoms with Crippen LogP contribution in [-0.2, 0) is 11.3 Å². The van der Waals surface area contributed by atoms with Gasteiger partial charge in [-0.2, -0.15) is 0 Å². The molecule has 2 rings (SSSR count). The van der Waals surface area contributed by atoms with Gasteiger partial charge in [-0.3, -0.25) is 4.90 Å². The third-order valence-electron chi connectivity index (χ3n) is 3.18. The molecule has 2 N–H and O–H groups in total. The highest BCUT2D eigenvalue weighted by Crippen LogP contribution is 2.11. The van der Waals surface area contributed by atoms with Gasteiger partial charge in [-0.05, 0) is 14.1 Å². The van der Waals surface area contributed by atoms with Crippen LogP contribution in [0.1, 0.15) is 5.56 Å². The molecular weight excluding hydrogens is 242 g/mol. The molecule has 0 spiro atoms. The summed E-state index contributed by atoms with van der Waals surface area (Å²) in [5.74, 6) is 0.876. The zero-order valence-corrected chi connectivity index (χ0v) is 11.7. The molecule has 0 bridgehead atoms. The summed E-state index contributed by atoms with van der Waals surface area (Å²) < 4.78 is 5.68. The van der Waals surface area contributed by atoms with Crippen molar-refractivity contribution in [2.45, 2.75) is 6.54 Å². The second-order valence-electron chi connectivity index (χ2n) is 5.39. The fraction of sp³-hybridized carbons (Fsp3) is 0.692. The minimum Gasteiger partial charge on any atom is -0.380 e. The van der Waals surface area contributed by atoms with E-state index in [0.29, 0.717) is 11.9 Å². The first-order chi connectivity index (χ1) is 9.13. The molecule has 0 saturated carbocycles. The van der Waals surface area contributed by atoms with Crippen LogP contribution in [0.2, 0.25) is 0 Å². The van der Waals surface area contributed by atoms with E-state index in [-0.39, 0.29) is 0 Å².